The van der Waals surface area contributed by atoms with Gasteiger partial charge in [-0.2, -0.15) is 0 Å². The van der Waals surface area contributed by atoms with E-state index in [1.54, 1.807) is 36.4 Å². The van der Waals surface area contributed by atoms with Crippen molar-refractivity contribution in [3.8, 4) is 0 Å². The summed E-state index contributed by atoms with van der Waals surface area (Å²) in [4.78, 5) is 11.9. The van der Waals surface area contributed by atoms with E-state index in [1.165, 1.54) is 0 Å². The normalized spacial score (nSPS) is 10.3. The van der Waals surface area contributed by atoms with Crippen molar-refractivity contribution in [3.05, 3.63) is 68.7 Å². The van der Waals surface area contributed by atoms with Crippen LogP contribution in [0.1, 0.15) is 15.9 Å². The third-order valence-electron chi connectivity index (χ3n) is 2.80. The van der Waals surface area contributed by atoms with E-state index in [0.717, 1.165) is 5.56 Å². The summed E-state index contributed by atoms with van der Waals surface area (Å²) in [5.74, 6) is -0.133. The summed E-state index contributed by atoms with van der Waals surface area (Å²) in [6.45, 7) is 0.503. The summed E-state index contributed by atoms with van der Waals surface area (Å²) < 4.78 is 0. The highest BCUT2D eigenvalue weighted by Gasteiger charge is 2.06. The van der Waals surface area contributed by atoms with Crippen LogP contribution in [0.3, 0.4) is 0 Å². The van der Waals surface area contributed by atoms with Gasteiger partial charge in [-0.1, -0.05) is 40.9 Å². The quantitative estimate of drug-likeness (QED) is 0.872. The molecule has 1 N–H and O–H groups in total. The molecule has 0 aliphatic carbocycles. The van der Waals surface area contributed by atoms with E-state index in [4.69, 9.17) is 34.8 Å². The molecule has 104 valence electrons. The minimum atomic E-state index is -0.133. The summed E-state index contributed by atoms with van der Waals surface area (Å²) in [6.07, 6.45) is 0.648. The zero-order chi connectivity index (χ0) is 14.5. The van der Waals surface area contributed by atoms with Crippen molar-refractivity contribution in [3.63, 3.8) is 0 Å². The molecule has 0 aromatic heterocycles. The van der Waals surface area contributed by atoms with Gasteiger partial charge in [0.1, 0.15) is 0 Å². The Morgan fingerprint density at radius 1 is 0.950 bits per heavy atom. The molecule has 0 heterocycles. The van der Waals surface area contributed by atoms with Crippen LogP contribution in [0.4, 0.5) is 0 Å². The molecule has 2 rings (SSSR count). The van der Waals surface area contributed by atoms with Crippen LogP contribution in [0, 0.1) is 0 Å². The highest BCUT2D eigenvalue weighted by atomic mass is 35.5. The van der Waals surface area contributed by atoms with Crippen molar-refractivity contribution < 1.29 is 4.79 Å². The molecule has 0 spiro atoms. The molecule has 5 heteroatoms. The minimum absolute atomic E-state index is 0.133. The molecule has 0 unspecified atom stereocenters. The second-order valence-corrected chi connectivity index (χ2v) is 5.53. The van der Waals surface area contributed by atoms with Crippen molar-refractivity contribution in [2.24, 2.45) is 0 Å². The first kappa shape index (κ1) is 15.2. The van der Waals surface area contributed by atoms with Gasteiger partial charge in [0, 0.05) is 27.2 Å². The fourth-order valence-corrected chi connectivity index (χ4v) is 2.37. The predicted octanol–water partition coefficient (Wildman–Crippen LogP) is 4.62. The molecule has 2 nitrogen and oxygen atoms in total. The fourth-order valence-electron chi connectivity index (χ4n) is 1.74. The van der Waals surface area contributed by atoms with Gasteiger partial charge in [0.15, 0.2) is 0 Å². The van der Waals surface area contributed by atoms with Crippen molar-refractivity contribution in [2.75, 3.05) is 6.54 Å². The Morgan fingerprint density at radius 2 is 1.60 bits per heavy atom. The third kappa shape index (κ3) is 4.14. The van der Waals surface area contributed by atoms with E-state index in [-0.39, 0.29) is 5.91 Å². The number of hydrogen-bond acceptors (Lipinski definition) is 1. The molecule has 0 saturated heterocycles. The predicted molar refractivity (Wildman–Crippen MR) is 84.0 cm³/mol. The maximum absolute atomic E-state index is 11.9. The molecule has 0 fully saturated rings. The molecular weight excluding hydrogens is 317 g/mol. The van der Waals surface area contributed by atoms with Gasteiger partial charge in [-0.3, -0.25) is 4.79 Å². The number of halogens is 3. The van der Waals surface area contributed by atoms with Crippen LogP contribution < -0.4 is 5.32 Å². The van der Waals surface area contributed by atoms with Gasteiger partial charge < -0.3 is 5.32 Å². The highest BCUT2D eigenvalue weighted by Crippen LogP contribution is 2.21. The zero-order valence-electron chi connectivity index (χ0n) is 10.5. The van der Waals surface area contributed by atoms with Crippen LogP contribution in [-0.4, -0.2) is 12.5 Å². The summed E-state index contributed by atoms with van der Waals surface area (Å²) in [5.41, 5.74) is 1.53. The van der Waals surface area contributed by atoms with E-state index in [1.807, 2.05) is 6.07 Å². The largest absolute Gasteiger partial charge is 0.352 e. The second kappa shape index (κ2) is 6.98. The molecule has 0 aliphatic rings. The molecule has 0 saturated carbocycles. The van der Waals surface area contributed by atoms with E-state index in [0.29, 0.717) is 33.6 Å². The Balaban J connectivity index is 1.89. The molecular formula is C15H12Cl3NO. The van der Waals surface area contributed by atoms with Crippen molar-refractivity contribution in [2.45, 2.75) is 6.42 Å². The van der Waals surface area contributed by atoms with Gasteiger partial charge in [-0.15, -0.1) is 0 Å². The van der Waals surface area contributed by atoms with Gasteiger partial charge in [-0.05, 0) is 48.4 Å². The number of nitrogens with one attached hydrogen (secondary N) is 1. The van der Waals surface area contributed by atoms with Gasteiger partial charge >= 0.3 is 0 Å². The third-order valence-corrected chi connectivity index (χ3v) is 3.64. The number of carbonyl (C=O) groups is 1. The lowest BCUT2D eigenvalue weighted by molar-refractivity contribution is 0.0954. The molecule has 0 aliphatic heterocycles. The second-order valence-electron chi connectivity index (χ2n) is 4.25. The molecule has 2 aromatic carbocycles. The lowest BCUT2D eigenvalue weighted by Gasteiger charge is -2.07. The smallest absolute Gasteiger partial charge is 0.251 e. The average Bonchev–Trinajstić information content (AvgIpc) is 2.42. The SMILES string of the molecule is O=C(NCCc1ccc(Cl)cc1Cl)c1ccc(Cl)cc1. The molecule has 2 aromatic rings. The Hall–Kier alpha value is -1.22. The fraction of sp³-hybridized carbons (Fsp3) is 0.133. The first-order valence-corrected chi connectivity index (χ1v) is 7.17. The maximum Gasteiger partial charge on any atom is 0.251 e. The summed E-state index contributed by atoms with van der Waals surface area (Å²) in [7, 11) is 0. The maximum atomic E-state index is 11.9. The van der Waals surface area contributed by atoms with Crippen molar-refractivity contribution in [1.29, 1.82) is 0 Å². The zero-order valence-corrected chi connectivity index (χ0v) is 12.8. The van der Waals surface area contributed by atoms with E-state index < -0.39 is 0 Å². The van der Waals surface area contributed by atoms with Crippen molar-refractivity contribution in [1.82, 2.24) is 5.32 Å². The van der Waals surface area contributed by atoms with Gasteiger partial charge in [-0.25, -0.2) is 0 Å². The van der Waals surface area contributed by atoms with Crippen LogP contribution in [0.5, 0.6) is 0 Å². The highest BCUT2D eigenvalue weighted by molar-refractivity contribution is 6.35. The Labute approximate surface area is 132 Å². The van der Waals surface area contributed by atoms with Crippen LogP contribution in [0.15, 0.2) is 42.5 Å². The Kier molecular flexibility index (Phi) is 5.30. The summed E-state index contributed by atoms with van der Waals surface area (Å²) >= 11 is 17.7. The molecule has 20 heavy (non-hydrogen) atoms. The summed E-state index contributed by atoms with van der Waals surface area (Å²) in [6, 6.07) is 12.1. The number of hydrogen-bond donors (Lipinski definition) is 1. The molecule has 0 atom stereocenters. The average molecular weight is 329 g/mol. The monoisotopic (exact) mass is 327 g/mol. The Morgan fingerprint density at radius 3 is 2.25 bits per heavy atom. The molecule has 1 amide bonds. The van der Waals surface area contributed by atoms with Gasteiger partial charge in [0.25, 0.3) is 5.91 Å². The van der Waals surface area contributed by atoms with Crippen LogP contribution in [0.2, 0.25) is 15.1 Å². The molecule has 0 radical (unpaired) electrons. The number of rotatable bonds is 4. The lowest BCUT2D eigenvalue weighted by Crippen LogP contribution is -2.25. The van der Waals surface area contributed by atoms with Gasteiger partial charge in [0.05, 0.1) is 0 Å². The first-order chi connectivity index (χ1) is 9.56. The summed E-state index contributed by atoms with van der Waals surface area (Å²) in [5, 5.41) is 4.65. The Bertz CT molecular complexity index is 611. The van der Waals surface area contributed by atoms with Crippen LogP contribution >= 0.6 is 34.8 Å². The number of benzene rings is 2. The van der Waals surface area contributed by atoms with Gasteiger partial charge in [0.2, 0.25) is 0 Å². The van der Waals surface area contributed by atoms with Crippen molar-refractivity contribution >= 4 is 40.7 Å². The van der Waals surface area contributed by atoms with E-state index >= 15 is 0 Å². The molecule has 0 bridgehead atoms. The number of carbonyl (C=O) groups excluding carboxylic acids is 1. The van der Waals surface area contributed by atoms with E-state index in [2.05, 4.69) is 5.32 Å². The topological polar surface area (TPSA) is 29.1 Å². The number of amides is 1. The lowest BCUT2D eigenvalue weighted by atomic mass is 10.1. The minimum Gasteiger partial charge on any atom is -0.352 e. The van der Waals surface area contributed by atoms with Crippen LogP contribution in [0.25, 0.3) is 0 Å². The van der Waals surface area contributed by atoms with E-state index in [9.17, 15) is 4.79 Å². The van der Waals surface area contributed by atoms with Crippen LogP contribution in [-0.2, 0) is 6.42 Å². The first-order valence-electron chi connectivity index (χ1n) is 6.04. The standard InChI is InChI=1S/C15H12Cl3NO/c16-12-4-2-11(3-5-12)15(20)19-8-7-10-1-6-13(17)9-14(10)18/h1-6,9H,7-8H2,(H,19,20).